The van der Waals surface area contributed by atoms with Crippen LogP contribution in [0.25, 0.3) is 16.9 Å². The van der Waals surface area contributed by atoms with Gasteiger partial charge in [0, 0.05) is 16.7 Å². The van der Waals surface area contributed by atoms with Gasteiger partial charge in [0.1, 0.15) is 5.57 Å². The van der Waals surface area contributed by atoms with Crippen LogP contribution in [0.15, 0.2) is 59.7 Å². The predicted octanol–water partition coefficient (Wildman–Crippen LogP) is 10.3. The molecule has 0 unspecified atom stereocenters. The quantitative estimate of drug-likeness (QED) is 0.134. The molecule has 0 saturated carbocycles. The highest BCUT2D eigenvalue weighted by Gasteiger charge is 2.35. The molecule has 1 aliphatic rings. The van der Waals surface area contributed by atoms with Crippen molar-refractivity contribution < 1.29 is 4.70 Å². The van der Waals surface area contributed by atoms with Gasteiger partial charge in [-0.05, 0) is 80.8 Å². The Balaban J connectivity index is 1.97. The van der Waals surface area contributed by atoms with E-state index in [2.05, 4.69) is 81.1 Å². The lowest BCUT2D eigenvalue weighted by atomic mass is 9.94. The Kier molecular flexibility index (Phi) is 11.9. The minimum absolute atomic E-state index is 0.822. The van der Waals surface area contributed by atoms with E-state index in [1.807, 2.05) is 6.92 Å². The standard InChI is InChI=1S/C35H46N2/c1-5-9-12-13-14-15-19-33-32(16-8-4)34(30-24-20-28(21-25-30)17-10-6-2)37(36)35(33)31-26-22-29(23-27-31)18-11-7-3/h20-27H,5-7,9-15,17-19H2,1-4H3. The van der Waals surface area contributed by atoms with Crippen molar-refractivity contribution in [2.24, 2.45) is 0 Å². The van der Waals surface area contributed by atoms with Crippen LogP contribution in [0.4, 0.5) is 0 Å². The zero-order chi connectivity index (χ0) is 26.5. The van der Waals surface area contributed by atoms with E-state index in [1.165, 1.54) is 79.2 Å². The highest BCUT2D eigenvalue weighted by molar-refractivity contribution is 5.85. The van der Waals surface area contributed by atoms with Gasteiger partial charge in [0.25, 0.3) is 0 Å². The van der Waals surface area contributed by atoms with Crippen LogP contribution >= 0.6 is 0 Å². The molecule has 1 heterocycles. The molecule has 2 aromatic rings. The highest BCUT2D eigenvalue weighted by atomic mass is 15.2. The molecular weight excluding hydrogens is 448 g/mol. The number of allylic oxidation sites excluding steroid dienone is 2. The fourth-order valence-electron chi connectivity index (χ4n) is 5.18. The van der Waals surface area contributed by atoms with Gasteiger partial charge in [0.15, 0.2) is 0 Å². The Hall–Kier alpha value is -2.92. The Morgan fingerprint density at radius 3 is 1.59 bits per heavy atom. The first-order valence-electron chi connectivity index (χ1n) is 14.7. The van der Waals surface area contributed by atoms with E-state index in [0.29, 0.717) is 0 Å². The maximum absolute atomic E-state index is 11.7. The van der Waals surface area contributed by atoms with Crippen LogP contribution in [0.1, 0.15) is 121 Å². The van der Waals surface area contributed by atoms with Crippen LogP contribution in [-0.2, 0) is 12.8 Å². The van der Waals surface area contributed by atoms with Gasteiger partial charge in [0.2, 0.25) is 11.4 Å². The van der Waals surface area contributed by atoms with Crippen molar-refractivity contribution in [2.45, 2.75) is 111 Å². The lowest BCUT2D eigenvalue weighted by Crippen LogP contribution is -2.03. The van der Waals surface area contributed by atoms with Crippen LogP contribution in [0, 0.1) is 11.8 Å². The van der Waals surface area contributed by atoms with Crippen molar-refractivity contribution in [1.29, 1.82) is 0 Å². The third kappa shape index (κ3) is 7.78. The maximum atomic E-state index is 11.7. The summed E-state index contributed by atoms with van der Waals surface area (Å²) < 4.78 is 1.42. The SMILES string of the molecule is CC#CC1=C(c2ccc(CCCC)cc2)[N+](=[N-])C(c2ccc(CCCC)cc2)=C1CCCCCCCC. The summed E-state index contributed by atoms with van der Waals surface area (Å²) in [5.74, 6) is 6.53. The lowest BCUT2D eigenvalue weighted by molar-refractivity contribution is -0.345. The molecule has 0 fully saturated rings. The van der Waals surface area contributed by atoms with Crippen molar-refractivity contribution in [3.63, 3.8) is 0 Å². The predicted molar refractivity (Wildman–Crippen MR) is 159 cm³/mol. The Labute approximate surface area is 226 Å². The van der Waals surface area contributed by atoms with Gasteiger partial charge in [-0.15, -0.1) is 5.92 Å². The molecule has 0 radical (unpaired) electrons. The molecule has 37 heavy (non-hydrogen) atoms. The molecule has 0 bridgehead atoms. The molecule has 0 spiro atoms. The summed E-state index contributed by atoms with van der Waals surface area (Å²) in [5, 5.41) is 0. The monoisotopic (exact) mass is 494 g/mol. The second-order valence-electron chi connectivity index (χ2n) is 10.4. The molecule has 3 rings (SSSR count). The molecular formula is C35H46N2. The van der Waals surface area contributed by atoms with E-state index < -0.39 is 0 Å². The van der Waals surface area contributed by atoms with Crippen molar-refractivity contribution in [3.8, 4) is 11.8 Å². The van der Waals surface area contributed by atoms with Gasteiger partial charge >= 0.3 is 0 Å². The molecule has 196 valence electrons. The summed E-state index contributed by atoms with van der Waals surface area (Å²) in [6.45, 7) is 8.61. The topological polar surface area (TPSA) is 25.3 Å². The third-order valence-electron chi connectivity index (χ3n) is 7.37. The van der Waals surface area contributed by atoms with Gasteiger partial charge in [-0.3, -0.25) is 0 Å². The summed E-state index contributed by atoms with van der Waals surface area (Å²) in [7, 11) is 0. The highest BCUT2D eigenvalue weighted by Crippen LogP contribution is 2.42. The maximum Gasteiger partial charge on any atom is 0.223 e. The van der Waals surface area contributed by atoms with Gasteiger partial charge in [-0.2, -0.15) is 0 Å². The Morgan fingerprint density at radius 1 is 0.595 bits per heavy atom. The zero-order valence-corrected chi connectivity index (χ0v) is 23.7. The molecule has 0 aromatic heterocycles. The van der Waals surface area contributed by atoms with E-state index >= 15 is 0 Å². The first-order valence-corrected chi connectivity index (χ1v) is 14.7. The molecule has 0 N–H and O–H groups in total. The summed E-state index contributed by atoms with van der Waals surface area (Å²) in [6.07, 6.45) is 15.4. The summed E-state index contributed by atoms with van der Waals surface area (Å²) in [5.41, 5.74) is 20.3. The van der Waals surface area contributed by atoms with Gasteiger partial charge in [-0.1, -0.05) is 95.9 Å². The van der Waals surface area contributed by atoms with Gasteiger partial charge in [0.05, 0.1) is 0 Å². The fourth-order valence-corrected chi connectivity index (χ4v) is 5.18. The largest absolute Gasteiger partial charge is 0.493 e. The van der Waals surface area contributed by atoms with Gasteiger partial charge < -0.3 is 5.53 Å². The molecule has 0 aliphatic carbocycles. The van der Waals surface area contributed by atoms with Crippen LogP contribution in [-0.4, -0.2) is 4.70 Å². The van der Waals surface area contributed by atoms with E-state index in [-0.39, 0.29) is 0 Å². The van der Waals surface area contributed by atoms with Crippen molar-refractivity contribution in [2.75, 3.05) is 0 Å². The second kappa shape index (κ2) is 15.4. The minimum atomic E-state index is 0.822. The molecule has 1 aliphatic heterocycles. The van der Waals surface area contributed by atoms with Crippen LogP contribution in [0.3, 0.4) is 0 Å². The number of unbranched alkanes of at least 4 members (excludes halogenated alkanes) is 7. The van der Waals surface area contributed by atoms with E-state index in [9.17, 15) is 5.53 Å². The van der Waals surface area contributed by atoms with E-state index in [1.54, 1.807) is 0 Å². The van der Waals surface area contributed by atoms with Crippen LogP contribution < -0.4 is 0 Å². The zero-order valence-electron chi connectivity index (χ0n) is 23.7. The number of hydrogen-bond donors (Lipinski definition) is 0. The molecule has 0 atom stereocenters. The number of benzene rings is 2. The van der Waals surface area contributed by atoms with E-state index in [0.717, 1.165) is 53.8 Å². The first kappa shape index (κ1) is 28.6. The summed E-state index contributed by atoms with van der Waals surface area (Å²) in [4.78, 5) is 0. The van der Waals surface area contributed by atoms with Crippen molar-refractivity contribution >= 4 is 11.4 Å². The summed E-state index contributed by atoms with van der Waals surface area (Å²) >= 11 is 0. The minimum Gasteiger partial charge on any atom is -0.493 e. The Morgan fingerprint density at radius 2 is 1.08 bits per heavy atom. The fraction of sp³-hybridized carbons (Fsp3) is 0.486. The molecule has 2 aromatic carbocycles. The normalized spacial score (nSPS) is 13.4. The number of hydrogen-bond acceptors (Lipinski definition) is 0. The van der Waals surface area contributed by atoms with Crippen molar-refractivity contribution in [3.05, 3.63) is 87.5 Å². The van der Waals surface area contributed by atoms with E-state index in [4.69, 9.17) is 0 Å². The van der Waals surface area contributed by atoms with Crippen LogP contribution in [0.2, 0.25) is 0 Å². The average molecular weight is 495 g/mol. The van der Waals surface area contributed by atoms with Crippen LogP contribution in [0.5, 0.6) is 0 Å². The Bertz CT molecular complexity index is 1130. The smallest absolute Gasteiger partial charge is 0.223 e. The molecule has 0 amide bonds. The molecule has 2 heteroatoms. The number of nitrogens with zero attached hydrogens (tertiary/aromatic N) is 2. The summed E-state index contributed by atoms with van der Waals surface area (Å²) in [6, 6.07) is 17.5. The number of rotatable bonds is 15. The molecule has 2 nitrogen and oxygen atoms in total. The average Bonchev–Trinajstić information content (AvgIpc) is 3.19. The molecule has 0 saturated heterocycles. The second-order valence-corrected chi connectivity index (χ2v) is 10.4. The number of aryl methyl sites for hydroxylation is 2. The first-order chi connectivity index (χ1) is 18.1. The third-order valence-corrected chi connectivity index (χ3v) is 7.37. The lowest BCUT2D eigenvalue weighted by Gasteiger charge is -2.10. The van der Waals surface area contributed by atoms with Crippen molar-refractivity contribution in [1.82, 2.24) is 0 Å². The van der Waals surface area contributed by atoms with Gasteiger partial charge in [-0.25, -0.2) is 4.70 Å².